The van der Waals surface area contributed by atoms with Crippen LogP contribution in [0.25, 0.3) is 10.8 Å². The van der Waals surface area contributed by atoms with Gasteiger partial charge in [-0.2, -0.15) is 0 Å². The Balaban J connectivity index is 1.44. The van der Waals surface area contributed by atoms with E-state index in [9.17, 15) is 4.79 Å². The molecule has 0 aliphatic carbocycles. The van der Waals surface area contributed by atoms with Crippen LogP contribution in [-0.4, -0.2) is 31.2 Å². The molecule has 1 aliphatic heterocycles. The molecule has 5 nitrogen and oxygen atoms in total. The number of carbonyl (C=O) groups is 1. The Labute approximate surface area is 152 Å². The third-order valence-electron chi connectivity index (χ3n) is 4.37. The number of urea groups is 1. The van der Waals surface area contributed by atoms with Crippen molar-refractivity contribution < 1.29 is 14.3 Å². The molecule has 0 aromatic heterocycles. The van der Waals surface area contributed by atoms with Crippen molar-refractivity contribution in [1.29, 1.82) is 0 Å². The van der Waals surface area contributed by atoms with E-state index in [0.717, 1.165) is 33.5 Å². The fraction of sp³-hybridized carbons (Fsp3) is 0.190. The first-order valence-corrected chi connectivity index (χ1v) is 8.58. The van der Waals surface area contributed by atoms with Gasteiger partial charge in [0.15, 0.2) is 11.5 Å². The average Bonchev–Trinajstić information content (AvgIpc) is 2.67. The SMILES string of the molecule is CN(Cc1ccc2c(c1)OCCO2)C(=O)Nc1ccc2ccccc2c1. The van der Waals surface area contributed by atoms with Gasteiger partial charge in [-0.05, 0) is 40.6 Å². The maximum absolute atomic E-state index is 12.5. The monoisotopic (exact) mass is 348 g/mol. The van der Waals surface area contributed by atoms with Crippen LogP contribution in [0.2, 0.25) is 0 Å². The molecule has 2 amide bonds. The van der Waals surface area contributed by atoms with Gasteiger partial charge in [0.1, 0.15) is 13.2 Å². The zero-order chi connectivity index (χ0) is 17.9. The molecule has 0 bridgehead atoms. The molecule has 0 fully saturated rings. The molecular weight excluding hydrogens is 328 g/mol. The number of anilines is 1. The first-order chi connectivity index (χ1) is 12.7. The van der Waals surface area contributed by atoms with Crippen LogP contribution in [0.3, 0.4) is 0 Å². The Morgan fingerprint density at radius 1 is 0.962 bits per heavy atom. The molecule has 1 heterocycles. The zero-order valence-electron chi connectivity index (χ0n) is 14.6. The molecular formula is C21H20N2O3. The van der Waals surface area contributed by atoms with Gasteiger partial charge in [0, 0.05) is 19.3 Å². The van der Waals surface area contributed by atoms with Gasteiger partial charge in [-0.25, -0.2) is 4.79 Å². The van der Waals surface area contributed by atoms with Crippen LogP contribution in [0.4, 0.5) is 10.5 Å². The predicted octanol–water partition coefficient (Wildman–Crippen LogP) is 4.27. The van der Waals surface area contributed by atoms with E-state index in [0.29, 0.717) is 19.8 Å². The lowest BCUT2D eigenvalue weighted by Crippen LogP contribution is -2.30. The summed E-state index contributed by atoms with van der Waals surface area (Å²) in [6.45, 7) is 1.60. The molecule has 5 heteroatoms. The van der Waals surface area contributed by atoms with Crippen LogP contribution in [0, 0.1) is 0 Å². The highest BCUT2D eigenvalue weighted by molar-refractivity contribution is 5.93. The van der Waals surface area contributed by atoms with Gasteiger partial charge in [-0.1, -0.05) is 36.4 Å². The second kappa shape index (κ2) is 6.96. The fourth-order valence-corrected chi connectivity index (χ4v) is 3.02. The number of fused-ring (bicyclic) bond motifs is 2. The molecule has 1 aliphatic rings. The van der Waals surface area contributed by atoms with E-state index in [4.69, 9.17) is 9.47 Å². The topological polar surface area (TPSA) is 50.8 Å². The Morgan fingerprint density at radius 2 is 1.73 bits per heavy atom. The van der Waals surface area contributed by atoms with Gasteiger partial charge in [0.2, 0.25) is 0 Å². The highest BCUT2D eigenvalue weighted by atomic mass is 16.6. The number of hydrogen-bond acceptors (Lipinski definition) is 3. The molecule has 132 valence electrons. The highest BCUT2D eigenvalue weighted by Gasteiger charge is 2.14. The lowest BCUT2D eigenvalue weighted by atomic mass is 10.1. The van der Waals surface area contributed by atoms with Crippen LogP contribution in [0.1, 0.15) is 5.56 Å². The van der Waals surface area contributed by atoms with Crippen molar-refractivity contribution in [3.63, 3.8) is 0 Å². The second-order valence-corrected chi connectivity index (χ2v) is 6.33. The first-order valence-electron chi connectivity index (χ1n) is 8.58. The maximum atomic E-state index is 12.5. The van der Waals surface area contributed by atoms with Crippen molar-refractivity contribution in [2.75, 3.05) is 25.6 Å². The second-order valence-electron chi connectivity index (χ2n) is 6.33. The summed E-state index contributed by atoms with van der Waals surface area (Å²) in [4.78, 5) is 14.1. The van der Waals surface area contributed by atoms with Crippen LogP contribution in [-0.2, 0) is 6.54 Å². The maximum Gasteiger partial charge on any atom is 0.321 e. The van der Waals surface area contributed by atoms with Gasteiger partial charge in [0.25, 0.3) is 0 Å². The molecule has 1 N–H and O–H groups in total. The third-order valence-corrected chi connectivity index (χ3v) is 4.37. The number of ether oxygens (including phenoxy) is 2. The van der Waals surface area contributed by atoms with Crippen LogP contribution in [0.15, 0.2) is 60.7 Å². The molecule has 0 spiro atoms. The third kappa shape index (κ3) is 3.42. The van der Waals surface area contributed by atoms with Gasteiger partial charge < -0.3 is 19.7 Å². The largest absolute Gasteiger partial charge is 0.486 e. The van der Waals surface area contributed by atoms with Crippen molar-refractivity contribution in [2.45, 2.75) is 6.54 Å². The normalized spacial score (nSPS) is 12.7. The molecule has 0 atom stereocenters. The van der Waals surface area contributed by atoms with Crippen LogP contribution in [0.5, 0.6) is 11.5 Å². The number of benzene rings is 3. The Bertz CT molecular complexity index is 955. The highest BCUT2D eigenvalue weighted by Crippen LogP contribution is 2.31. The van der Waals surface area contributed by atoms with Gasteiger partial charge in [0.05, 0.1) is 0 Å². The lowest BCUT2D eigenvalue weighted by molar-refractivity contribution is 0.171. The molecule has 0 saturated heterocycles. The zero-order valence-corrected chi connectivity index (χ0v) is 14.6. The summed E-state index contributed by atoms with van der Waals surface area (Å²) in [6.07, 6.45) is 0. The Morgan fingerprint density at radius 3 is 2.58 bits per heavy atom. The molecule has 26 heavy (non-hydrogen) atoms. The van der Waals surface area contributed by atoms with Gasteiger partial charge in [-0.15, -0.1) is 0 Å². The number of rotatable bonds is 3. The molecule has 0 radical (unpaired) electrons. The molecule has 3 aromatic carbocycles. The number of hydrogen-bond donors (Lipinski definition) is 1. The average molecular weight is 348 g/mol. The lowest BCUT2D eigenvalue weighted by Gasteiger charge is -2.21. The number of nitrogens with zero attached hydrogens (tertiary/aromatic N) is 1. The van der Waals surface area contributed by atoms with E-state index < -0.39 is 0 Å². The van der Waals surface area contributed by atoms with Crippen molar-refractivity contribution >= 4 is 22.5 Å². The van der Waals surface area contributed by atoms with E-state index >= 15 is 0 Å². The summed E-state index contributed by atoms with van der Waals surface area (Å²) >= 11 is 0. The minimum Gasteiger partial charge on any atom is -0.486 e. The standard InChI is InChI=1S/C21H20N2O3/c1-23(14-15-6-9-19-20(12-15)26-11-10-25-19)21(24)22-18-8-7-16-4-2-3-5-17(16)13-18/h2-9,12-13H,10-11,14H2,1H3,(H,22,24). The number of nitrogens with one attached hydrogen (secondary N) is 1. The minimum absolute atomic E-state index is 0.157. The van der Waals surface area contributed by atoms with Gasteiger partial charge in [-0.3, -0.25) is 0 Å². The van der Waals surface area contributed by atoms with Crippen molar-refractivity contribution in [2.24, 2.45) is 0 Å². The summed E-state index contributed by atoms with van der Waals surface area (Å²) in [6, 6.07) is 19.6. The summed E-state index contributed by atoms with van der Waals surface area (Å²) in [7, 11) is 1.77. The van der Waals surface area contributed by atoms with E-state index in [-0.39, 0.29) is 6.03 Å². The first kappa shape index (κ1) is 16.3. The fourth-order valence-electron chi connectivity index (χ4n) is 3.02. The number of amides is 2. The Kier molecular flexibility index (Phi) is 4.35. The quantitative estimate of drug-likeness (QED) is 0.769. The molecule has 3 aromatic rings. The van der Waals surface area contributed by atoms with Gasteiger partial charge >= 0.3 is 6.03 Å². The van der Waals surface area contributed by atoms with Crippen molar-refractivity contribution in [1.82, 2.24) is 4.90 Å². The van der Waals surface area contributed by atoms with E-state index in [1.807, 2.05) is 54.6 Å². The summed E-state index contributed by atoms with van der Waals surface area (Å²) in [5, 5.41) is 5.19. The summed E-state index contributed by atoms with van der Waals surface area (Å²) in [5.41, 5.74) is 1.77. The minimum atomic E-state index is -0.157. The molecule has 0 saturated carbocycles. The van der Waals surface area contributed by atoms with E-state index in [2.05, 4.69) is 11.4 Å². The number of carbonyl (C=O) groups excluding carboxylic acids is 1. The Hall–Kier alpha value is -3.21. The molecule has 4 rings (SSSR count). The van der Waals surface area contributed by atoms with E-state index in [1.165, 1.54) is 0 Å². The van der Waals surface area contributed by atoms with Crippen molar-refractivity contribution in [3.05, 3.63) is 66.2 Å². The van der Waals surface area contributed by atoms with Crippen LogP contribution >= 0.6 is 0 Å². The molecule has 0 unspecified atom stereocenters. The summed E-state index contributed by atoms with van der Waals surface area (Å²) in [5.74, 6) is 1.49. The van der Waals surface area contributed by atoms with E-state index in [1.54, 1.807) is 11.9 Å². The predicted molar refractivity (Wildman–Crippen MR) is 102 cm³/mol. The van der Waals surface area contributed by atoms with Crippen molar-refractivity contribution in [3.8, 4) is 11.5 Å². The van der Waals surface area contributed by atoms with Crippen LogP contribution < -0.4 is 14.8 Å². The smallest absolute Gasteiger partial charge is 0.321 e. The summed E-state index contributed by atoms with van der Waals surface area (Å²) < 4.78 is 11.1.